The van der Waals surface area contributed by atoms with Crippen molar-refractivity contribution in [2.45, 2.75) is 32.4 Å². The van der Waals surface area contributed by atoms with E-state index < -0.39 is 0 Å². The summed E-state index contributed by atoms with van der Waals surface area (Å²) in [6.45, 7) is 5.29. The minimum Gasteiger partial charge on any atom is -0.490 e. The van der Waals surface area contributed by atoms with Crippen LogP contribution in [0.1, 0.15) is 24.0 Å². The number of aromatic nitrogens is 1. The van der Waals surface area contributed by atoms with Crippen LogP contribution < -0.4 is 4.74 Å². The van der Waals surface area contributed by atoms with E-state index in [2.05, 4.69) is 71.4 Å². The van der Waals surface area contributed by atoms with Gasteiger partial charge < -0.3 is 4.74 Å². The Morgan fingerprint density at radius 1 is 0.897 bits per heavy atom. The van der Waals surface area contributed by atoms with Gasteiger partial charge in [-0.25, -0.2) is 0 Å². The van der Waals surface area contributed by atoms with Gasteiger partial charge >= 0.3 is 0 Å². The van der Waals surface area contributed by atoms with Crippen molar-refractivity contribution >= 4 is 21.5 Å². The fraction of sp³-hybridized carbons (Fsp3) is 0.269. The van der Waals surface area contributed by atoms with Gasteiger partial charge in [-0.3, -0.25) is 9.88 Å². The largest absolute Gasteiger partial charge is 0.490 e. The molecule has 2 heterocycles. The zero-order chi connectivity index (χ0) is 19.6. The lowest BCUT2D eigenvalue weighted by molar-refractivity contribution is 0.0964. The molecule has 4 aromatic rings. The molecular formula is C26H26N2O. The van der Waals surface area contributed by atoms with E-state index in [1.165, 1.54) is 32.7 Å². The van der Waals surface area contributed by atoms with Crippen molar-refractivity contribution in [3.63, 3.8) is 0 Å². The monoisotopic (exact) mass is 382 g/mol. The van der Waals surface area contributed by atoms with Crippen LogP contribution in [0.3, 0.4) is 0 Å². The Hall–Kier alpha value is -2.91. The first-order valence-corrected chi connectivity index (χ1v) is 10.5. The smallest absolute Gasteiger partial charge is 0.123 e. The minimum absolute atomic E-state index is 0.292. The molecule has 1 saturated heterocycles. The number of fused-ring (bicyclic) bond motifs is 2. The summed E-state index contributed by atoms with van der Waals surface area (Å²) >= 11 is 0. The van der Waals surface area contributed by atoms with E-state index in [1.807, 2.05) is 18.5 Å². The summed E-state index contributed by atoms with van der Waals surface area (Å²) in [6, 6.07) is 21.8. The predicted octanol–water partition coefficient (Wildman–Crippen LogP) is 5.74. The Balaban J connectivity index is 1.22. The highest BCUT2D eigenvalue weighted by Gasteiger charge is 2.21. The molecule has 0 atom stereocenters. The van der Waals surface area contributed by atoms with E-state index in [9.17, 15) is 0 Å². The first kappa shape index (κ1) is 18.1. The Morgan fingerprint density at radius 2 is 1.69 bits per heavy atom. The number of benzene rings is 3. The minimum atomic E-state index is 0.292. The highest BCUT2D eigenvalue weighted by atomic mass is 16.5. The van der Waals surface area contributed by atoms with Crippen molar-refractivity contribution in [1.82, 2.24) is 9.88 Å². The fourth-order valence-corrected chi connectivity index (χ4v) is 4.32. The quantitative estimate of drug-likeness (QED) is 0.450. The van der Waals surface area contributed by atoms with Gasteiger partial charge in [0.2, 0.25) is 0 Å². The molecule has 0 unspecified atom stereocenters. The van der Waals surface area contributed by atoms with Gasteiger partial charge in [-0.2, -0.15) is 0 Å². The second-order valence-corrected chi connectivity index (χ2v) is 8.12. The standard InChI is InChI=1S/C26H26N2O/c1-19-14-24-17-27-11-8-23(24)16-26(19)29-25-9-12-28(13-10-25)18-20-6-7-21-4-2-3-5-22(21)15-20/h2-8,11,14-17,25H,9-10,12-13,18H2,1H3. The number of piperidine rings is 1. The maximum Gasteiger partial charge on any atom is 0.123 e. The Morgan fingerprint density at radius 3 is 2.55 bits per heavy atom. The van der Waals surface area contributed by atoms with Crippen molar-refractivity contribution in [2.24, 2.45) is 0 Å². The molecule has 3 heteroatoms. The average molecular weight is 383 g/mol. The molecule has 1 aromatic heterocycles. The first-order valence-electron chi connectivity index (χ1n) is 10.5. The summed E-state index contributed by atoms with van der Waals surface area (Å²) in [6.07, 6.45) is 6.19. The van der Waals surface area contributed by atoms with Crippen molar-refractivity contribution in [3.05, 3.63) is 84.2 Å². The molecule has 0 spiro atoms. The Bertz CT molecular complexity index is 1150. The van der Waals surface area contributed by atoms with Crippen LogP contribution in [0.25, 0.3) is 21.5 Å². The van der Waals surface area contributed by atoms with Crippen LogP contribution in [0.4, 0.5) is 0 Å². The molecule has 0 N–H and O–H groups in total. The molecule has 5 rings (SSSR count). The van der Waals surface area contributed by atoms with Crippen molar-refractivity contribution in [3.8, 4) is 5.75 Å². The highest BCUT2D eigenvalue weighted by molar-refractivity contribution is 5.84. The lowest BCUT2D eigenvalue weighted by atomic mass is 10.0. The Kier molecular flexibility index (Phi) is 4.91. The SMILES string of the molecule is Cc1cc2cnccc2cc1OC1CCN(Cc2ccc3ccccc3c2)CC1. The molecule has 1 fully saturated rings. The topological polar surface area (TPSA) is 25.4 Å². The summed E-state index contributed by atoms with van der Waals surface area (Å²) in [5.74, 6) is 1.01. The molecule has 29 heavy (non-hydrogen) atoms. The Labute approximate surface area is 171 Å². The highest BCUT2D eigenvalue weighted by Crippen LogP contribution is 2.28. The lowest BCUT2D eigenvalue weighted by Gasteiger charge is -2.32. The fourth-order valence-electron chi connectivity index (χ4n) is 4.32. The van der Waals surface area contributed by atoms with Gasteiger partial charge in [-0.15, -0.1) is 0 Å². The normalized spacial score (nSPS) is 15.8. The summed E-state index contributed by atoms with van der Waals surface area (Å²) in [4.78, 5) is 6.76. The molecule has 0 amide bonds. The van der Waals surface area contributed by atoms with Gasteiger partial charge in [0, 0.05) is 37.4 Å². The molecule has 0 bridgehead atoms. The number of ether oxygens (including phenoxy) is 1. The van der Waals surface area contributed by atoms with Crippen LogP contribution >= 0.6 is 0 Å². The van der Waals surface area contributed by atoms with E-state index >= 15 is 0 Å². The molecule has 3 nitrogen and oxygen atoms in total. The van der Waals surface area contributed by atoms with Crippen molar-refractivity contribution in [2.75, 3.05) is 13.1 Å². The van der Waals surface area contributed by atoms with E-state index in [0.29, 0.717) is 6.10 Å². The second kappa shape index (κ2) is 7.84. The zero-order valence-corrected chi connectivity index (χ0v) is 16.8. The van der Waals surface area contributed by atoms with Crippen LogP contribution in [0, 0.1) is 6.92 Å². The number of hydrogen-bond acceptors (Lipinski definition) is 3. The third-order valence-electron chi connectivity index (χ3n) is 5.98. The average Bonchev–Trinajstić information content (AvgIpc) is 2.75. The van der Waals surface area contributed by atoms with Crippen molar-refractivity contribution in [1.29, 1.82) is 0 Å². The van der Waals surface area contributed by atoms with E-state index in [4.69, 9.17) is 4.74 Å². The van der Waals surface area contributed by atoms with Crippen LogP contribution in [0.15, 0.2) is 73.1 Å². The molecule has 0 radical (unpaired) electrons. The summed E-state index contributed by atoms with van der Waals surface area (Å²) in [7, 11) is 0. The number of likely N-dealkylation sites (tertiary alicyclic amines) is 1. The van der Waals surface area contributed by atoms with Crippen LogP contribution in [-0.4, -0.2) is 29.1 Å². The molecule has 1 aliphatic rings. The van der Waals surface area contributed by atoms with Crippen LogP contribution in [-0.2, 0) is 6.54 Å². The van der Waals surface area contributed by atoms with E-state index in [1.54, 1.807) is 0 Å². The number of nitrogens with zero attached hydrogens (tertiary/aromatic N) is 2. The third-order valence-corrected chi connectivity index (χ3v) is 5.98. The molecule has 146 valence electrons. The maximum absolute atomic E-state index is 6.40. The van der Waals surface area contributed by atoms with Gasteiger partial charge in [-0.1, -0.05) is 36.4 Å². The zero-order valence-electron chi connectivity index (χ0n) is 16.8. The molecule has 3 aromatic carbocycles. The van der Waals surface area contributed by atoms with Gasteiger partial charge in [0.05, 0.1) is 0 Å². The first-order chi connectivity index (χ1) is 14.2. The third kappa shape index (κ3) is 3.96. The summed E-state index contributed by atoms with van der Waals surface area (Å²) < 4.78 is 6.40. The van der Waals surface area contributed by atoms with Gasteiger partial charge in [0.1, 0.15) is 11.9 Å². The molecular weight excluding hydrogens is 356 g/mol. The second-order valence-electron chi connectivity index (χ2n) is 8.12. The molecule has 0 saturated carbocycles. The van der Waals surface area contributed by atoms with Gasteiger partial charge in [0.25, 0.3) is 0 Å². The lowest BCUT2D eigenvalue weighted by Crippen LogP contribution is -2.37. The maximum atomic E-state index is 6.40. The number of aryl methyl sites for hydroxylation is 1. The van der Waals surface area contributed by atoms with Gasteiger partial charge in [0.15, 0.2) is 0 Å². The summed E-state index contributed by atoms with van der Waals surface area (Å²) in [5.41, 5.74) is 2.58. The number of rotatable bonds is 4. The molecule has 1 aliphatic heterocycles. The van der Waals surface area contributed by atoms with Crippen molar-refractivity contribution < 1.29 is 4.74 Å². The van der Waals surface area contributed by atoms with E-state index in [0.717, 1.165) is 38.2 Å². The van der Waals surface area contributed by atoms with E-state index in [-0.39, 0.29) is 0 Å². The van der Waals surface area contributed by atoms with Gasteiger partial charge in [-0.05, 0) is 71.3 Å². The number of hydrogen-bond donors (Lipinski definition) is 0. The van der Waals surface area contributed by atoms with Crippen LogP contribution in [0.2, 0.25) is 0 Å². The predicted molar refractivity (Wildman–Crippen MR) is 119 cm³/mol. The summed E-state index contributed by atoms with van der Waals surface area (Å²) in [5, 5.41) is 4.99. The number of pyridine rings is 1. The molecule has 0 aliphatic carbocycles. The van der Waals surface area contributed by atoms with Crippen LogP contribution in [0.5, 0.6) is 5.75 Å².